The van der Waals surface area contributed by atoms with E-state index in [1.807, 2.05) is 12.1 Å². The first-order valence-corrected chi connectivity index (χ1v) is 5.34. The molecule has 16 heavy (non-hydrogen) atoms. The highest BCUT2D eigenvalue weighted by atomic mass is 16.2. The number of imide groups is 1. The summed E-state index contributed by atoms with van der Waals surface area (Å²) in [5.74, 6) is -0.163. The van der Waals surface area contributed by atoms with Crippen molar-refractivity contribution in [2.45, 2.75) is 12.8 Å². The van der Waals surface area contributed by atoms with Gasteiger partial charge in [0.2, 0.25) is 5.91 Å². The largest absolute Gasteiger partial charge is 0.289 e. The molecule has 1 fully saturated rings. The predicted octanol–water partition coefficient (Wildman–Crippen LogP) is 1.91. The molecule has 0 heterocycles. The molecule has 0 unspecified atom stereocenters. The zero-order valence-electron chi connectivity index (χ0n) is 8.85. The number of carbonyl (C=O) groups is 2. The number of nitrogens with one attached hydrogen (secondary N) is 1. The van der Waals surface area contributed by atoms with E-state index < -0.39 is 0 Å². The van der Waals surface area contributed by atoms with E-state index in [-0.39, 0.29) is 11.8 Å². The maximum absolute atomic E-state index is 11.5. The van der Waals surface area contributed by atoms with E-state index in [9.17, 15) is 9.59 Å². The second kappa shape index (κ2) is 4.75. The lowest BCUT2D eigenvalue weighted by Crippen LogP contribution is -2.28. The first kappa shape index (κ1) is 10.6. The molecule has 0 spiro atoms. The smallest absolute Gasteiger partial charge is 0.258 e. The van der Waals surface area contributed by atoms with Crippen LogP contribution in [-0.2, 0) is 4.79 Å². The maximum Gasteiger partial charge on any atom is 0.258 e. The summed E-state index contributed by atoms with van der Waals surface area (Å²) in [6.45, 7) is 0. The van der Waals surface area contributed by atoms with Crippen molar-refractivity contribution in [1.82, 2.24) is 5.32 Å². The molecule has 3 nitrogen and oxygen atoms in total. The Kier molecular flexibility index (Phi) is 3.15. The van der Waals surface area contributed by atoms with Crippen LogP contribution in [0.15, 0.2) is 42.5 Å². The lowest BCUT2D eigenvalue weighted by atomic mass is 10.2. The van der Waals surface area contributed by atoms with Crippen LogP contribution in [0.5, 0.6) is 0 Å². The van der Waals surface area contributed by atoms with Crippen LogP contribution in [-0.4, -0.2) is 11.8 Å². The van der Waals surface area contributed by atoms with Crippen molar-refractivity contribution in [1.29, 1.82) is 0 Å². The van der Waals surface area contributed by atoms with Crippen LogP contribution in [0.3, 0.4) is 0 Å². The number of hydrogen-bond donors (Lipinski definition) is 1. The van der Waals surface area contributed by atoms with Gasteiger partial charge >= 0.3 is 0 Å². The molecule has 0 radical (unpaired) electrons. The Balaban J connectivity index is 1.89. The van der Waals surface area contributed by atoms with Crippen LogP contribution in [0.4, 0.5) is 0 Å². The Morgan fingerprint density at radius 3 is 2.50 bits per heavy atom. The van der Waals surface area contributed by atoms with E-state index in [1.165, 1.54) is 6.08 Å². The summed E-state index contributed by atoms with van der Waals surface area (Å²) < 4.78 is 0. The molecule has 1 aromatic rings. The normalized spacial score (nSPS) is 15.0. The minimum absolute atomic E-state index is 0.347. The Labute approximate surface area is 94.2 Å². The third-order valence-corrected chi connectivity index (χ3v) is 2.41. The molecule has 1 aliphatic carbocycles. The molecule has 1 aliphatic rings. The molecule has 0 saturated heterocycles. The maximum atomic E-state index is 11.5. The molecule has 1 saturated carbocycles. The van der Waals surface area contributed by atoms with Crippen molar-refractivity contribution in [2.24, 2.45) is 5.92 Å². The lowest BCUT2D eigenvalue weighted by molar-refractivity contribution is -0.115. The van der Waals surface area contributed by atoms with Gasteiger partial charge in [-0.25, -0.2) is 0 Å². The molecule has 3 heteroatoms. The summed E-state index contributed by atoms with van der Waals surface area (Å²) in [5, 5.41) is 2.31. The van der Waals surface area contributed by atoms with E-state index in [4.69, 9.17) is 0 Å². The van der Waals surface area contributed by atoms with Gasteiger partial charge in [0.1, 0.15) is 0 Å². The highest BCUT2D eigenvalue weighted by Gasteiger charge is 2.17. The van der Waals surface area contributed by atoms with Crippen LogP contribution in [0.25, 0.3) is 0 Å². The van der Waals surface area contributed by atoms with Crippen molar-refractivity contribution >= 4 is 11.8 Å². The number of benzene rings is 1. The summed E-state index contributed by atoms with van der Waals surface area (Å²) in [4.78, 5) is 22.9. The average molecular weight is 215 g/mol. The molecule has 2 rings (SSSR count). The SMILES string of the molecule is O=C(/C=C/C1CC1)NC(=O)c1ccccc1. The van der Waals surface area contributed by atoms with Gasteiger partial charge in [-0.3, -0.25) is 14.9 Å². The van der Waals surface area contributed by atoms with Gasteiger partial charge in [-0.2, -0.15) is 0 Å². The molecule has 0 atom stereocenters. The lowest BCUT2D eigenvalue weighted by Gasteiger charge is -2.00. The molecule has 0 aromatic heterocycles. The number of amides is 2. The first-order chi connectivity index (χ1) is 7.75. The molecule has 82 valence electrons. The van der Waals surface area contributed by atoms with Gasteiger partial charge in [-0.05, 0) is 37.0 Å². The second-order valence-corrected chi connectivity index (χ2v) is 3.88. The van der Waals surface area contributed by atoms with Crippen molar-refractivity contribution in [2.75, 3.05) is 0 Å². The molecule has 1 aromatic carbocycles. The Bertz CT molecular complexity index is 419. The minimum Gasteiger partial charge on any atom is -0.289 e. The monoisotopic (exact) mass is 215 g/mol. The van der Waals surface area contributed by atoms with Gasteiger partial charge in [0.15, 0.2) is 0 Å². The molecule has 0 bridgehead atoms. The molecule has 2 amide bonds. The fourth-order valence-electron chi connectivity index (χ4n) is 1.33. The van der Waals surface area contributed by atoms with Gasteiger partial charge in [0.25, 0.3) is 5.91 Å². The quantitative estimate of drug-likeness (QED) is 0.783. The third-order valence-electron chi connectivity index (χ3n) is 2.41. The number of hydrogen-bond acceptors (Lipinski definition) is 2. The van der Waals surface area contributed by atoms with Crippen molar-refractivity contribution in [3.8, 4) is 0 Å². The van der Waals surface area contributed by atoms with Crippen LogP contribution in [0, 0.1) is 5.92 Å². The number of carbonyl (C=O) groups excluding carboxylic acids is 2. The van der Waals surface area contributed by atoms with Crippen molar-refractivity contribution < 1.29 is 9.59 Å². The van der Waals surface area contributed by atoms with Crippen LogP contribution in [0.2, 0.25) is 0 Å². The van der Waals surface area contributed by atoms with E-state index in [0.29, 0.717) is 11.5 Å². The van der Waals surface area contributed by atoms with Gasteiger partial charge < -0.3 is 0 Å². The molecule has 0 aliphatic heterocycles. The van der Waals surface area contributed by atoms with E-state index >= 15 is 0 Å². The van der Waals surface area contributed by atoms with Crippen LogP contribution >= 0.6 is 0 Å². The fraction of sp³-hybridized carbons (Fsp3) is 0.231. The summed E-state index contributed by atoms with van der Waals surface area (Å²) in [6.07, 6.45) is 5.60. The molecule has 1 N–H and O–H groups in total. The number of allylic oxidation sites excluding steroid dienone is 1. The second-order valence-electron chi connectivity index (χ2n) is 3.88. The van der Waals surface area contributed by atoms with Gasteiger partial charge in [0.05, 0.1) is 0 Å². The Morgan fingerprint density at radius 1 is 1.19 bits per heavy atom. The Morgan fingerprint density at radius 2 is 1.88 bits per heavy atom. The van der Waals surface area contributed by atoms with Crippen molar-refractivity contribution in [3.63, 3.8) is 0 Å². The summed E-state index contributed by atoms with van der Waals surface area (Å²) in [6, 6.07) is 8.70. The van der Waals surface area contributed by atoms with E-state index in [1.54, 1.807) is 24.3 Å². The predicted molar refractivity (Wildman–Crippen MR) is 60.8 cm³/mol. The fourth-order valence-corrected chi connectivity index (χ4v) is 1.33. The highest BCUT2D eigenvalue weighted by molar-refractivity contribution is 6.07. The number of rotatable bonds is 3. The van der Waals surface area contributed by atoms with E-state index in [0.717, 1.165) is 12.8 Å². The summed E-state index contributed by atoms with van der Waals surface area (Å²) in [5.41, 5.74) is 0.496. The van der Waals surface area contributed by atoms with Gasteiger partial charge in [-0.1, -0.05) is 24.3 Å². The summed E-state index contributed by atoms with van der Waals surface area (Å²) in [7, 11) is 0. The van der Waals surface area contributed by atoms with Crippen molar-refractivity contribution in [3.05, 3.63) is 48.0 Å². The van der Waals surface area contributed by atoms with Crippen LogP contribution < -0.4 is 5.32 Å². The van der Waals surface area contributed by atoms with Gasteiger partial charge in [-0.15, -0.1) is 0 Å². The van der Waals surface area contributed by atoms with Crippen LogP contribution in [0.1, 0.15) is 23.2 Å². The highest BCUT2D eigenvalue weighted by Crippen LogP contribution is 2.29. The molecular formula is C13H13NO2. The minimum atomic E-state index is -0.356. The van der Waals surface area contributed by atoms with E-state index in [2.05, 4.69) is 5.32 Å². The standard InChI is InChI=1S/C13H13NO2/c15-12(9-8-10-6-7-10)14-13(16)11-4-2-1-3-5-11/h1-5,8-10H,6-7H2,(H,14,15,16)/b9-8+. The average Bonchev–Trinajstić information content (AvgIpc) is 3.11. The van der Waals surface area contributed by atoms with Gasteiger partial charge in [0, 0.05) is 5.56 Å². The molecular weight excluding hydrogens is 202 g/mol. The zero-order valence-corrected chi connectivity index (χ0v) is 8.85. The Hall–Kier alpha value is -1.90. The topological polar surface area (TPSA) is 46.2 Å². The first-order valence-electron chi connectivity index (χ1n) is 5.34. The summed E-state index contributed by atoms with van der Waals surface area (Å²) >= 11 is 0. The third kappa shape index (κ3) is 3.05. The zero-order chi connectivity index (χ0) is 11.4.